The molecule has 0 saturated heterocycles. The van der Waals surface area contributed by atoms with Gasteiger partial charge in [-0.25, -0.2) is 4.79 Å². The van der Waals surface area contributed by atoms with Crippen LogP contribution in [0.4, 0.5) is 11.4 Å². The summed E-state index contributed by atoms with van der Waals surface area (Å²) in [4.78, 5) is 34.4. The van der Waals surface area contributed by atoms with E-state index < -0.39 is 12.6 Å². The normalized spacial score (nSPS) is 12.7. The summed E-state index contributed by atoms with van der Waals surface area (Å²) in [6.07, 6.45) is 1.84. The lowest BCUT2D eigenvalue weighted by Crippen LogP contribution is -2.20. The van der Waals surface area contributed by atoms with Crippen molar-refractivity contribution >= 4 is 29.2 Å². The molecule has 146 valence electrons. The van der Waals surface area contributed by atoms with E-state index in [1.807, 2.05) is 0 Å². The second-order valence-electron chi connectivity index (χ2n) is 6.34. The average molecular weight is 384 g/mol. The first-order valence-electron chi connectivity index (χ1n) is 8.78. The Balaban J connectivity index is 1.49. The number of hydrogen-bond acceptors (Lipinski definition) is 5. The van der Waals surface area contributed by atoms with E-state index in [0.29, 0.717) is 22.9 Å². The molecule has 3 N–H and O–H groups in total. The van der Waals surface area contributed by atoms with E-state index >= 15 is 0 Å². The minimum absolute atomic E-state index is 0.000100. The minimum atomic E-state index is -1.08. The highest BCUT2D eigenvalue weighted by molar-refractivity contribution is 5.94. The molecule has 1 saturated carbocycles. The van der Waals surface area contributed by atoms with Gasteiger partial charge in [-0.05, 0) is 37.1 Å². The molecule has 1 fully saturated rings. The van der Waals surface area contributed by atoms with E-state index in [-0.39, 0.29) is 24.3 Å². The van der Waals surface area contributed by atoms with Gasteiger partial charge in [0.15, 0.2) is 13.2 Å². The highest BCUT2D eigenvalue weighted by Crippen LogP contribution is 2.30. The van der Waals surface area contributed by atoms with Crippen LogP contribution in [0, 0.1) is 5.92 Å². The number of hydrogen-bond donors (Lipinski definition) is 3. The SMILES string of the molecule is O=C(O)COc1cccc(NC(=O)COc2cccc(NC(=O)C3CC3)c2)c1. The van der Waals surface area contributed by atoms with Gasteiger partial charge in [-0.2, -0.15) is 0 Å². The number of nitrogens with one attached hydrogen (secondary N) is 2. The zero-order valence-electron chi connectivity index (χ0n) is 15.0. The molecule has 1 aliphatic carbocycles. The van der Waals surface area contributed by atoms with Crippen molar-refractivity contribution < 1.29 is 29.0 Å². The molecule has 28 heavy (non-hydrogen) atoms. The van der Waals surface area contributed by atoms with Crippen LogP contribution in [0.25, 0.3) is 0 Å². The number of carboxylic acids is 1. The van der Waals surface area contributed by atoms with E-state index in [4.69, 9.17) is 14.6 Å². The Bertz CT molecular complexity index is 879. The van der Waals surface area contributed by atoms with Crippen LogP contribution in [0.15, 0.2) is 48.5 Å². The number of carbonyl (C=O) groups is 3. The second-order valence-corrected chi connectivity index (χ2v) is 6.34. The number of carbonyl (C=O) groups excluding carboxylic acids is 2. The van der Waals surface area contributed by atoms with E-state index in [9.17, 15) is 14.4 Å². The van der Waals surface area contributed by atoms with Gasteiger partial charge in [0.05, 0.1) is 0 Å². The van der Waals surface area contributed by atoms with Crippen molar-refractivity contribution in [3.05, 3.63) is 48.5 Å². The lowest BCUT2D eigenvalue weighted by atomic mass is 10.3. The number of ether oxygens (including phenoxy) is 2. The van der Waals surface area contributed by atoms with E-state index in [2.05, 4.69) is 10.6 Å². The molecule has 0 bridgehead atoms. The lowest BCUT2D eigenvalue weighted by Gasteiger charge is -2.10. The van der Waals surface area contributed by atoms with Gasteiger partial charge >= 0.3 is 5.97 Å². The highest BCUT2D eigenvalue weighted by Gasteiger charge is 2.29. The fraction of sp³-hybridized carbons (Fsp3) is 0.250. The first-order valence-corrected chi connectivity index (χ1v) is 8.78. The van der Waals surface area contributed by atoms with Crippen molar-refractivity contribution in [1.82, 2.24) is 0 Å². The fourth-order valence-corrected chi connectivity index (χ4v) is 2.41. The Kier molecular flexibility index (Phi) is 6.11. The molecular formula is C20H20N2O6. The maximum absolute atomic E-state index is 12.1. The third-order valence-corrected chi connectivity index (χ3v) is 3.90. The van der Waals surface area contributed by atoms with Crippen molar-refractivity contribution in [2.45, 2.75) is 12.8 Å². The van der Waals surface area contributed by atoms with E-state index in [1.54, 1.807) is 42.5 Å². The molecule has 2 aromatic rings. The molecule has 8 nitrogen and oxygen atoms in total. The van der Waals surface area contributed by atoms with Crippen molar-refractivity contribution in [3.8, 4) is 11.5 Å². The average Bonchev–Trinajstić information content (AvgIpc) is 3.51. The maximum atomic E-state index is 12.1. The smallest absolute Gasteiger partial charge is 0.341 e. The minimum Gasteiger partial charge on any atom is -0.484 e. The van der Waals surface area contributed by atoms with Crippen LogP contribution >= 0.6 is 0 Å². The molecule has 0 atom stereocenters. The number of carboxylic acid groups (broad SMARTS) is 1. The molecule has 0 aliphatic heterocycles. The molecule has 0 radical (unpaired) electrons. The number of aliphatic carboxylic acids is 1. The van der Waals surface area contributed by atoms with Gasteiger partial charge in [0.1, 0.15) is 11.5 Å². The van der Waals surface area contributed by atoms with Crippen molar-refractivity contribution in [2.24, 2.45) is 5.92 Å². The van der Waals surface area contributed by atoms with Crippen molar-refractivity contribution in [1.29, 1.82) is 0 Å². The zero-order valence-corrected chi connectivity index (χ0v) is 15.0. The lowest BCUT2D eigenvalue weighted by molar-refractivity contribution is -0.139. The summed E-state index contributed by atoms with van der Waals surface area (Å²) >= 11 is 0. The Labute approximate surface area is 161 Å². The quantitative estimate of drug-likeness (QED) is 0.612. The highest BCUT2D eigenvalue weighted by atomic mass is 16.5. The second kappa shape index (κ2) is 8.90. The molecule has 2 aromatic carbocycles. The molecule has 3 rings (SSSR count). The van der Waals surface area contributed by atoms with Gasteiger partial charge in [0.25, 0.3) is 5.91 Å². The fourth-order valence-electron chi connectivity index (χ4n) is 2.41. The number of anilines is 2. The summed E-state index contributed by atoms with van der Waals surface area (Å²) in [7, 11) is 0. The summed E-state index contributed by atoms with van der Waals surface area (Å²) in [5, 5.41) is 14.1. The largest absolute Gasteiger partial charge is 0.484 e. The Morgan fingerprint density at radius 3 is 2.04 bits per heavy atom. The Morgan fingerprint density at radius 1 is 0.893 bits per heavy atom. The van der Waals surface area contributed by atoms with Gasteiger partial charge in [0.2, 0.25) is 5.91 Å². The number of benzene rings is 2. The van der Waals surface area contributed by atoms with Crippen LogP contribution < -0.4 is 20.1 Å². The number of rotatable bonds is 9. The summed E-state index contributed by atoms with van der Waals surface area (Å²) in [6, 6.07) is 13.3. The van der Waals surface area contributed by atoms with Crippen LogP contribution in [-0.4, -0.2) is 36.1 Å². The Hall–Kier alpha value is -3.55. The molecule has 2 amide bonds. The van der Waals surface area contributed by atoms with Gasteiger partial charge in [-0.15, -0.1) is 0 Å². The summed E-state index contributed by atoms with van der Waals surface area (Å²) in [5.74, 6) is -0.575. The van der Waals surface area contributed by atoms with Crippen LogP contribution in [0.1, 0.15) is 12.8 Å². The predicted octanol–water partition coefficient (Wildman–Crippen LogP) is 2.52. The molecule has 1 aliphatic rings. The third-order valence-electron chi connectivity index (χ3n) is 3.90. The van der Waals surface area contributed by atoms with Gasteiger partial charge in [0, 0.05) is 29.4 Å². The van der Waals surface area contributed by atoms with Gasteiger partial charge < -0.3 is 25.2 Å². The summed E-state index contributed by atoms with van der Waals surface area (Å²) < 4.78 is 10.5. The molecule has 0 heterocycles. The Morgan fingerprint density at radius 2 is 1.46 bits per heavy atom. The third kappa shape index (κ3) is 6.01. The van der Waals surface area contributed by atoms with Crippen molar-refractivity contribution in [3.63, 3.8) is 0 Å². The molecule has 0 spiro atoms. The maximum Gasteiger partial charge on any atom is 0.341 e. The van der Waals surface area contributed by atoms with Crippen LogP contribution in [0.5, 0.6) is 11.5 Å². The molecule has 0 aromatic heterocycles. The molecular weight excluding hydrogens is 364 g/mol. The van der Waals surface area contributed by atoms with Gasteiger partial charge in [-0.3, -0.25) is 9.59 Å². The topological polar surface area (TPSA) is 114 Å². The summed E-state index contributed by atoms with van der Waals surface area (Å²) in [5.41, 5.74) is 1.08. The predicted molar refractivity (Wildman–Crippen MR) is 101 cm³/mol. The van der Waals surface area contributed by atoms with Crippen LogP contribution in [0.3, 0.4) is 0 Å². The van der Waals surface area contributed by atoms with Crippen molar-refractivity contribution in [2.75, 3.05) is 23.8 Å². The number of amides is 2. The van der Waals surface area contributed by atoms with Gasteiger partial charge in [-0.1, -0.05) is 12.1 Å². The molecule has 8 heteroatoms. The molecule has 0 unspecified atom stereocenters. The van der Waals surface area contributed by atoms with E-state index in [0.717, 1.165) is 12.8 Å². The zero-order chi connectivity index (χ0) is 19.9. The van der Waals surface area contributed by atoms with E-state index in [1.165, 1.54) is 6.07 Å². The monoisotopic (exact) mass is 384 g/mol. The standard InChI is InChI=1S/C20H20N2O6/c23-18(21-14-3-1-6-17(9-14)28-12-19(24)25)11-27-16-5-2-4-15(10-16)22-20(26)13-7-8-13/h1-6,9-10,13H,7-8,11-12H2,(H,21,23)(H,22,26)(H,24,25). The first kappa shape index (κ1) is 19.2. The van der Waals surface area contributed by atoms with Crippen LogP contribution in [0.2, 0.25) is 0 Å². The first-order chi connectivity index (χ1) is 13.5. The van der Waals surface area contributed by atoms with Crippen LogP contribution in [-0.2, 0) is 14.4 Å². The summed E-state index contributed by atoms with van der Waals surface area (Å²) in [6.45, 7) is -0.686.